The van der Waals surface area contributed by atoms with Crippen molar-refractivity contribution in [2.24, 2.45) is 0 Å². The molecular weight excluding hydrogens is 327 g/mol. The van der Waals surface area contributed by atoms with E-state index >= 15 is 0 Å². The molecule has 1 aromatic rings. The van der Waals surface area contributed by atoms with Crippen LogP contribution in [0.4, 0.5) is 0 Å². The molecule has 126 valence electrons. The highest BCUT2D eigenvalue weighted by Crippen LogP contribution is 2.30. The van der Waals surface area contributed by atoms with Crippen LogP contribution in [-0.4, -0.2) is 52.1 Å². The van der Waals surface area contributed by atoms with Gasteiger partial charge in [-0.05, 0) is 23.6 Å². The summed E-state index contributed by atoms with van der Waals surface area (Å²) in [5.74, 6) is -0.829. The van der Waals surface area contributed by atoms with Gasteiger partial charge in [0.05, 0.1) is 0 Å². The Hall–Kier alpha value is -1.70. The number of ether oxygens (including phenoxy) is 2. The first-order chi connectivity index (χ1) is 11.0. The predicted molar refractivity (Wildman–Crippen MR) is 79.6 cm³/mol. The molecule has 1 aromatic carbocycles. The SMILES string of the molecule is CCO[P+](=O)c1ccccc1OC1OC(CO)=C(O)C(O)C1O. The third-order valence-corrected chi connectivity index (χ3v) is 4.38. The molecule has 0 radical (unpaired) electrons. The minimum atomic E-state index is -2.16. The van der Waals surface area contributed by atoms with Crippen molar-refractivity contribution < 1.29 is 39.0 Å². The van der Waals surface area contributed by atoms with Crippen molar-refractivity contribution >= 4 is 13.3 Å². The molecule has 2 rings (SSSR count). The zero-order chi connectivity index (χ0) is 17.0. The molecular formula is C14H18O8P+. The Labute approximate surface area is 133 Å². The second-order valence-electron chi connectivity index (χ2n) is 4.65. The Kier molecular flexibility index (Phi) is 5.92. The number of benzene rings is 1. The van der Waals surface area contributed by atoms with Gasteiger partial charge in [-0.3, -0.25) is 0 Å². The van der Waals surface area contributed by atoms with E-state index in [-0.39, 0.29) is 23.4 Å². The molecule has 0 saturated carbocycles. The second kappa shape index (κ2) is 7.72. The number of aliphatic hydroxyl groups excluding tert-OH is 4. The first-order valence-corrected chi connectivity index (χ1v) is 8.08. The summed E-state index contributed by atoms with van der Waals surface area (Å²) in [6, 6.07) is 6.31. The molecule has 4 N–H and O–H groups in total. The molecule has 4 unspecified atom stereocenters. The van der Waals surface area contributed by atoms with Gasteiger partial charge in [-0.2, -0.15) is 0 Å². The van der Waals surface area contributed by atoms with E-state index in [1.54, 1.807) is 19.1 Å². The number of rotatable bonds is 6. The molecule has 0 spiro atoms. The molecule has 4 atom stereocenters. The van der Waals surface area contributed by atoms with E-state index in [1.165, 1.54) is 12.1 Å². The lowest BCUT2D eigenvalue weighted by Crippen LogP contribution is -2.48. The van der Waals surface area contributed by atoms with E-state index in [4.69, 9.17) is 19.1 Å². The molecule has 0 aliphatic carbocycles. The minimum Gasteiger partial charge on any atom is -0.506 e. The molecule has 1 aliphatic rings. The molecule has 8 nitrogen and oxygen atoms in total. The average Bonchev–Trinajstić information content (AvgIpc) is 2.56. The number of para-hydroxylation sites is 1. The van der Waals surface area contributed by atoms with Gasteiger partial charge in [0.25, 0.3) is 11.6 Å². The summed E-state index contributed by atoms with van der Waals surface area (Å²) >= 11 is 0. The summed E-state index contributed by atoms with van der Waals surface area (Å²) in [5.41, 5.74) is 0. The third kappa shape index (κ3) is 3.80. The van der Waals surface area contributed by atoms with Crippen LogP contribution in [0.2, 0.25) is 0 Å². The quantitative estimate of drug-likeness (QED) is 0.543. The fourth-order valence-corrected chi connectivity index (χ4v) is 2.87. The van der Waals surface area contributed by atoms with E-state index in [1.807, 2.05) is 0 Å². The second-order valence-corrected chi connectivity index (χ2v) is 5.90. The van der Waals surface area contributed by atoms with E-state index in [9.17, 15) is 19.9 Å². The van der Waals surface area contributed by atoms with Crippen LogP contribution in [0.1, 0.15) is 6.92 Å². The van der Waals surface area contributed by atoms with Crippen LogP contribution < -0.4 is 10.0 Å². The Morgan fingerprint density at radius 1 is 1.30 bits per heavy atom. The zero-order valence-corrected chi connectivity index (χ0v) is 13.2. The summed E-state index contributed by atoms with van der Waals surface area (Å²) in [7, 11) is -2.16. The monoisotopic (exact) mass is 345 g/mol. The molecule has 1 aliphatic heterocycles. The maximum atomic E-state index is 12.0. The van der Waals surface area contributed by atoms with Gasteiger partial charge in [0.1, 0.15) is 19.3 Å². The van der Waals surface area contributed by atoms with Crippen molar-refractivity contribution in [3.8, 4) is 5.75 Å². The molecule has 0 fully saturated rings. The summed E-state index contributed by atoms with van der Waals surface area (Å²) < 4.78 is 27.7. The Morgan fingerprint density at radius 2 is 2.00 bits per heavy atom. The lowest BCUT2D eigenvalue weighted by Gasteiger charge is -2.32. The maximum Gasteiger partial charge on any atom is 0.552 e. The van der Waals surface area contributed by atoms with Crippen molar-refractivity contribution in [3.63, 3.8) is 0 Å². The van der Waals surface area contributed by atoms with Crippen molar-refractivity contribution in [3.05, 3.63) is 35.8 Å². The van der Waals surface area contributed by atoms with Crippen molar-refractivity contribution in [1.29, 1.82) is 0 Å². The smallest absolute Gasteiger partial charge is 0.506 e. The Balaban J connectivity index is 2.24. The molecule has 0 saturated heterocycles. The highest BCUT2D eigenvalue weighted by Gasteiger charge is 2.41. The molecule has 0 amide bonds. The fourth-order valence-electron chi connectivity index (χ4n) is 1.98. The minimum absolute atomic E-state index is 0.136. The summed E-state index contributed by atoms with van der Waals surface area (Å²) in [6.07, 6.45) is -4.65. The van der Waals surface area contributed by atoms with Crippen LogP contribution in [0.5, 0.6) is 5.75 Å². The first-order valence-electron chi connectivity index (χ1n) is 6.91. The van der Waals surface area contributed by atoms with Gasteiger partial charge in [0.2, 0.25) is 0 Å². The lowest BCUT2D eigenvalue weighted by atomic mass is 10.1. The van der Waals surface area contributed by atoms with Gasteiger partial charge in [-0.1, -0.05) is 12.1 Å². The Morgan fingerprint density at radius 3 is 2.65 bits per heavy atom. The summed E-state index contributed by atoms with van der Waals surface area (Å²) in [4.78, 5) is 0. The van der Waals surface area contributed by atoms with E-state index in [0.717, 1.165) is 0 Å². The van der Waals surface area contributed by atoms with Gasteiger partial charge in [0, 0.05) is 0 Å². The number of hydrogen-bond acceptors (Lipinski definition) is 8. The molecule has 0 aromatic heterocycles. The van der Waals surface area contributed by atoms with Gasteiger partial charge >= 0.3 is 8.03 Å². The van der Waals surface area contributed by atoms with Crippen LogP contribution >= 0.6 is 8.03 Å². The van der Waals surface area contributed by atoms with E-state index < -0.39 is 38.9 Å². The largest absolute Gasteiger partial charge is 0.552 e. The molecule has 9 heteroatoms. The van der Waals surface area contributed by atoms with Crippen LogP contribution in [0, 0.1) is 0 Å². The maximum absolute atomic E-state index is 12.0. The van der Waals surface area contributed by atoms with Gasteiger partial charge in [-0.15, -0.1) is 4.52 Å². The molecule has 0 bridgehead atoms. The highest BCUT2D eigenvalue weighted by molar-refractivity contribution is 7.48. The van der Waals surface area contributed by atoms with Crippen molar-refractivity contribution in [2.75, 3.05) is 13.2 Å². The summed E-state index contributed by atoms with van der Waals surface area (Å²) in [6.45, 7) is 1.27. The normalized spacial score (nSPS) is 25.0. The van der Waals surface area contributed by atoms with Crippen molar-refractivity contribution in [1.82, 2.24) is 0 Å². The van der Waals surface area contributed by atoms with Gasteiger partial charge < -0.3 is 29.9 Å². The lowest BCUT2D eigenvalue weighted by molar-refractivity contribution is -0.177. The third-order valence-electron chi connectivity index (χ3n) is 3.12. The van der Waals surface area contributed by atoms with Gasteiger partial charge in [-0.25, -0.2) is 0 Å². The van der Waals surface area contributed by atoms with E-state index in [2.05, 4.69) is 0 Å². The average molecular weight is 345 g/mol. The highest BCUT2D eigenvalue weighted by atomic mass is 31.1. The standard InChI is InChI=1S/C14H17O8P/c1-2-20-23(19)10-6-4-3-5-8(10)21-14-13(18)12(17)11(16)9(7-15)22-14/h3-6,12-15,17-18H,2,7H2,1H3/p+1. The van der Waals surface area contributed by atoms with Gasteiger partial charge in [0.15, 0.2) is 23.4 Å². The van der Waals surface area contributed by atoms with Crippen molar-refractivity contribution in [2.45, 2.75) is 25.4 Å². The topological polar surface area (TPSA) is 126 Å². The molecule has 1 heterocycles. The Bertz CT molecular complexity index is 602. The van der Waals surface area contributed by atoms with E-state index in [0.29, 0.717) is 0 Å². The van der Waals surface area contributed by atoms with Crippen LogP contribution in [0.25, 0.3) is 0 Å². The predicted octanol–water partition coefficient (Wildman–Crippen LogP) is 0.310. The van der Waals surface area contributed by atoms with Crippen LogP contribution in [-0.2, 0) is 13.8 Å². The fraction of sp³-hybridized carbons (Fsp3) is 0.429. The van der Waals surface area contributed by atoms with Crippen LogP contribution in [0.3, 0.4) is 0 Å². The van der Waals surface area contributed by atoms with Crippen LogP contribution in [0.15, 0.2) is 35.8 Å². The molecule has 23 heavy (non-hydrogen) atoms. The first kappa shape index (κ1) is 17.7. The number of aliphatic hydroxyl groups is 4. The summed E-state index contributed by atoms with van der Waals surface area (Å²) in [5, 5.41) is 38.6. The zero-order valence-electron chi connectivity index (χ0n) is 12.3. The number of hydrogen-bond donors (Lipinski definition) is 4.